The topological polar surface area (TPSA) is 89.3 Å². The molecule has 0 radical (unpaired) electrons. The van der Waals surface area contributed by atoms with Crippen LogP contribution in [-0.2, 0) is 25.6 Å². The molecule has 0 amide bonds. The van der Waals surface area contributed by atoms with Crippen LogP contribution in [-0.4, -0.2) is 42.2 Å². The van der Waals surface area contributed by atoms with Crippen molar-refractivity contribution in [2.24, 2.45) is 0 Å². The second-order valence-corrected chi connectivity index (χ2v) is 8.19. The van der Waals surface area contributed by atoms with Crippen molar-refractivity contribution in [2.75, 3.05) is 6.61 Å². The summed E-state index contributed by atoms with van der Waals surface area (Å²) in [6.45, 7) is 0.381. The Labute approximate surface area is 197 Å². The van der Waals surface area contributed by atoms with Gasteiger partial charge in [-0.25, -0.2) is 0 Å². The van der Waals surface area contributed by atoms with Gasteiger partial charge in [0.1, 0.15) is 18.0 Å². The first-order valence-corrected chi connectivity index (χ1v) is 11.2. The molecule has 3 aromatic carbocycles. The number of para-hydroxylation sites is 1. The third kappa shape index (κ3) is 4.95. The Morgan fingerprint density at radius 1 is 0.882 bits per heavy atom. The first-order chi connectivity index (χ1) is 16.7. The SMILES string of the molecule is O=[N+]([O-])[C@H]1[C@H](Oc2ccccc2)O[C@@H]2COC(c3ccccc3)O[C@H]2[C@@H]1OCc1ccccc1. The molecule has 0 N–H and O–H groups in total. The van der Waals surface area contributed by atoms with Crippen LogP contribution in [0.1, 0.15) is 17.4 Å². The number of nitro groups is 1. The van der Waals surface area contributed by atoms with Crippen LogP contribution in [0.2, 0.25) is 0 Å². The molecular formula is C26H25NO7. The highest BCUT2D eigenvalue weighted by Crippen LogP contribution is 2.37. The molecule has 2 saturated heterocycles. The highest BCUT2D eigenvalue weighted by Gasteiger charge is 2.57. The second-order valence-electron chi connectivity index (χ2n) is 8.19. The van der Waals surface area contributed by atoms with Crippen molar-refractivity contribution in [3.63, 3.8) is 0 Å². The number of hydrogen-bond acceptors (Lipinski definition) is 7. The maximum atomic E-state index is 12.3. The lowest BCUT2D eigenvalue weighted by Gasteiger charge is -2.46. The van der Waals surface area contributed by atoms with Crippen LogP contribution in [0.5, 0.6) is 5.75 Å². The van der Waals surface area contributed by atoms with Crippen LogP contribution >= 0.6 is 0 Å². The van der Waals surface area contributed by atoms with E-state index >= 15 is 0 Å². The van der Waals surface area contributed by atoms with Crippen LogP contribution in [0.15, 0.2) is 91.0 Å². The molecule has 6 atom stereocenters. The van der Waals surface area contributed by atoms with E-state index in [9.17, 15) is 10.1 Å². The Hall–Kier alpha value is -3.30. The van der Waals surface area contributed by atoms with E-state index in [2.05, 4.69) is 0 Å². The van der Waals surface area contributed by atoms with E-state index in [0.717, 1.165) is 11.1 Å². The van der Waals surface area contributed by atoms with E-state index in [4.69, 9.17) is 23.7 Å². The number of rotatable bonds is 7. The van der Waals surface area contributed by atoms with E-state index in [1.54, 1.807) is 24.3 Å². The summed E-state index contributed by atoms with van der Waals surface area (Å²) in [5.74, 6) is 0.472. The summed E-state index contributed by atoms with van der Waals surface area (Å²) in [4.78, 5) is 11.9. The Morgan fingerprint density at radius 3 is 2.21 bits per heavy atom. The maximum Gasteiger partial charge on any atom is 0.302 e. The molecule has 5 rings (SSSR count). The number of hydrogen-bond donors (Lipinski definition) is 0. The van der Waals surface area contributed by atoms with Crippen molar-refractivity contribution in [3.8, 4) is 5.75 Å². The van der Waals surface area contributed by atoms with Gasteiger partial charge < -0.3 is 23.7 Å². The van der Waals surface area contributed by atoms with Crippen molar-refractivity contribution in [1.82, 2.24) is 0 Å². The second kappa shape index (κ2) is 10.3. The molecule has 0 aliphatic carbocycles. The molecule has 0 saturated carbocycles. The highest BCUT2D eigenvalue weighted by molar-refractivity contribution is 5.22. The molecule has 8 heteroatoms. The van der Waals surface area contributed by atoms with Crippen molar-refractivity contribution < 1.29 is 28.6 Å². The lowest BCUT2D eigenvalue weighted by molar-refractivity contribution is -0.576. The van der Waals surface area contributed by atoms with Crippen LogP contribution < -0.4 is 4.74 Å². The highest BCUT2D eigenvalue weighted by atomic mass is 16.8. The quantitative estimate of drug-likeness (QED) is 0.384. The van der Waals surface area contributed by atoms with Gasteiger partial charge in [-0.15, -0.1) is 0 Å². The Bertz CT molecular complexity index is 1070. The van der Waals surface area contributed by atoms with E-state index in [1.165, 1.54) is 0 Å². The zero-order valence-electron chi connectivity index (χ0n) is 18.3. The lowest BCUT2D eigenvalue weighted by atomic mass is 9.95. The number of nitrogens with zero attached hydrogens (tertiary/aromatic N) is 1. The number of ether oxygens (including phenoxy) is 5. The zero-order chi connectivity index (χ0) is 23.3. The molecule has 34 heavy (non-hydrogen) atoms. The summed E-state index contributed by atoms with van der Waals surface area (Å²) < 4.78 is 30.3. The molecule has 176 valence electrons. The van der Waals surface area contributed by atoms with Crippen LogP contribution in [0.3, 0.4) is 0 Å². The lowest BCUT2D eigenvalue weighted by Crippen LogP contribution is -2.65. The summed E-state index contributed by atoms with van der Waals surface area (Å²) in [6, 6.07) is 26.6. The van der Waals surface area contributed by atoms with Gasteiger partial charge in [0.15, 0.2) is 12.4 Å². The Balaban J connectivity index is 1.43. The normalized spacial score (nSPS) is 28.6. The molecule has 2 fully saturated rings. The molecule has 1 unspecified atom stereocenters. The van der Waals surface area contributed by atoms with Crippen LogP contribution in [0.4, 0.5) is 0 Å². The summed E-state index contributed by atoms with van der Waals surface area (Å²) in [5, 5.41) is 12.3. The smallest absolute Gasteiger partial charge is 0.302 e. The summed E-state index contributed by atoms with van der Waals surface area (Å²) >= 11 is 0. The van der Waals surface area contributed by atoms with Crippen molar-refractivity contribution in [2.45, 2.75) is 43.5 Å². The monoisotopic (exact) mass is 463 g/mol. The van der Waals surface area contributed by atoms with Crippen LogP contribution in [0.25, 0.3) is 0 Å². The standard InChI is InChI=1S/C26H25NO7/c28-27(29)22-24(30-16-18-10-4-1-5-11-18)23-21(33-26(22)32-20-14-8-3-9-15-20)17-31-25(34-23)19-12-6-2-7-13-19/h1-15,21-26H,16-17H2/t21-,22-,23-,24-,25?,26-/m1/s1. The van der Waals surface area contributed by atoms with E-state index in [0.29, 0.717) is 5.75 Å². The number of benzene rings is 3. The predicted octanol–water partition coefficient (Wildman–Crippen LogP) is 4.14. The van der Waals surface area contributed by atoms with Crippen molar-refractivity contribution in [1.29, 1.82) is 0 Å². The van der Waals surface area contributed by atoms with Crippen molar-refractivity contribution in [3.05, 3.63) is 112 Å². The maximum absolute atomic E-state index is 12.3. The molecule has 2 aliphatic rings. The molecule has 2 heterocycles. The summed E-state index contributed by atoms with van der Waals surface area (Å²) in [6.07, 6.45) is -4.06. The first kappa shape index (κ1) is 22.5. The average Bonchev–Trinajstić information content (AvgIpc) is 2.88. The summed E-state index contributed by atoms with van der Waals surface area (Å²) in [5.41, 5.74) is 1.72. The molecule has 2 aliphatic heterocycles. The molecule has 0 spiro atoms. The molecular weight excluding hydrogens is 438 g/mol. The van der Waals surface area contributed by atoms with Gasteiger partial charge in [0, 0.05) is 10.5 Å². The van der Waals surface area contributed by atoms with E-state index in [-0.39, 0.29) is 13.2 Å². The fraction of sp³-hybridized carbons (Fsp3) is 0.308. The minimum Gasteiger partial charge on any atom is -0.457 e. The third-order valence-electron chi connectivity index (χ3n) is 5.90. The third-order valence-corrected chi connectivity index (χ3v) is 5.90. The fourth-order valence-electron chi connectivity index (χ4n) is 4.25. The average molecular weight is 463 g/mol. The van der Waals surface area contributed by atoms with E-state index in [1.807, 2.05) is 66.7 Å². The van der Waals surface area contributed by atoms with Gasteiger partial charge in [-0.1, -0.05) is 78.9 Å². The molecule has 8 nitrogen and oxygen atoms in total. The molecule has 3 aromatic rings. The largest absolute Gasteiger partial charge is 0.457 e. The Morgan fingerprint density at radius 2 is 1.53 bits per heavy atom. The van der Waals surface area contributed by atoms with Crippen LogP contribution in [0, 0.1) is 10.1 Å². The van der Waals surface area contributed by atoms with Gasteiger partial charge >= 0.3 is 6.04 Å². The molecule has 0 bridgehead atoms. The fourth-order valence-corrected chi connectivity index (χ4v) is 4.25. The minimum absolute atomic E-state index is 0.189. The van der Waals surface area contributed by atoms with Crippen molar-refractivity contribution >= 4 is 0 Å². The first-order valence-electron chi connectivity index (χ1n) is 11.2. The summed E-state index contributed by atoms with van der Waals surface area (Å²) in [7, 11) is 0. The van der Waals surface area contributed by atoms with E-state index < -0.39 is 41.9 Å². The molecule has 0 aromatic heterocycles. The van der Waals surface area contributed by atoms with Gasteiger partial charge in [0.05, 0.1) is 13.2 Å². The zero-order valence-corrected chi connectivity index (χ0v) is 18.3. The Kier molecular flexibility index (Phi) is 6.82. The van der Waals surface area contributed by atoms with Gasteiger partial charge in [-0.2, -0.15) is 0 Å². The number of fused-ring (bicyclic) bond motifs is 1. The minimum atomic E-state index is -1.31. The van der Waals surface area contributed by atoms with Gasteiger partial charge in [-0.3, -0.25) is 10.1 Å². The van der Waals surface area contributed by atoms with Gasteiger partial charge in [-0.05, 0) is 17.7 Å². The van der Waals surface area contributed by atoms with Gasteiger partial charge in [0.2, 0.25) is 0 Å². The van der Waals surface area contributed by atoms with Gasteiger partial charge in [0.25, 0.3) is 6.29 Å². The predicted molar refractivity (Wildman–Crippen MR) is 122 cm³/mol.